The van der Waals surface area contributed by atoms with E-state index in [-0.39, 0.29) is 5.56 Å². The second-order valence-corrected chi connectivity index (χ2v) is 4.28. The molecule has 3 rings (SSSR count). The molecule has 0 unspecified atom stereocenters. The average Bonchev–Trinajstić information content (AvgIpc) is 2.87. The first-order valence-electron chi connectivity index (χ1n) is 6.04. The van der Waals surface area contributed by atoms with E-state index in [1.807, 2.05) is 0 Å². The number of fused-ring (bicyclic) bond motifs is 1. The van der Waals surface area contributed by atoms with Gasteiger partial charge in [-0.15, -0.1) is 10.2 Å². The zero-order chi connectivity index (χ0) is 12.4. The molecular weight excluding hydrogens is 234 g/mol. The van der Waals surface area contributed by atoms with Gasteiger partial charge in [0.15, 0.2) is 5.65 Å². The van der Waals surface area contributed by atoms with Gasteiger partial charge in [0.2, 0.25) is 0 Å². The van der Waals surface area contributed by atoms with E-state index in [1.54, 1.807) is 21.6 Å². The highest BCUT2D eigenvalue weighted by Gasteiger charge is 2.11. The maximum Gasteiger partial charge on any atom is 0.265 e. The number of ether oxygens (including phenoxy) is 1. The van der Waals surface area contributed by atoms with Gasteiger partial charge in [0.1, 0.15) is 6.33 Å². The van der Waals surface area contributed by atoms with Crippen LogP contribution in [-0.2, 0) is 11.3 Å². The third-order valence-electron chi connectivity index (χ3n) is 3.18. The molecule has 0 aromatic carbocycles. The van der Waals surface area contributed by atoms with Crippen molar-refractivity contribution in [2.45, 2.75) is 6.54 Å². The molecule has 0 aliphatic carbocycles. The van der Waals surface area contributed by atoms with Crippen LogP contribution >= 0.6 is 0 Å². The molecule has 3 heterocycles. The minimum Gasteiger partial charge on any atom is -0.379 e. The van der Waals surface area contributed by atoms with E-state index in [2.05, 4.69) is 15.1 Å². The van der Waals surface area contributed by atoms with Crippen molar-refractivity contribution in [3.63, 3.8) is 0 Å². The van der Waals surface area contributed by atoms with Gasteiger partial charge in [0, 0.05) is 25.7 Å². The molecule has 2 aromatic heterocycles. The van der Waals surface area contributed by atoms with E-state index in [1.165, 1.54) is 6.07 Å². The summed E-state index contributed by atoms with van der Waals surface area (Å²) in [6.45, 7) is 4.85. The fourth-order valence-corrected chi connectivity index (χ4v) is 2.15. The van der Waals surface area contributed by atoms with Crippen LogP contribution in [0.2, 0.25) is 0 Å². The molecule has 0 radical (unpaired) electrons. The molecule has 0 amide bonds. The van der Waals surface area contributed by atoms with Gasteiger partial charge < -0.3 is 4.74 Å². The van der Waals surface area contributed by atoms with Gasteiger partial charge in [-0.3, -0.25) is 9.69 Å². The first-order chi connectivity index (χ1) is 8.84. The maximum atomic E-state index is 11.8. The molecule has 1 aliphatic rings. The van der Waals surface area contributed by atoms with E-state index in [4.69, 9.17) is 4.74 Å². The first kappa shape index (κ1) is 11.4. The fraction of sp³-hybridized carbons (Fsp3) is 0.545. The molecule has 7 nitrogen and oxygen atoms in total. The highest BCUT2D eigenvalue weighted by atomic mass is 16.5. The molecule has 2 aromatic rings. The predicted octanol–water partition coefficient (Wildman–Crippen LogP) is -0.777. The number of aromatic nitrogens is 4. The summed E-state index contributed by atoms with van der Waals surface area (Å²) in [5, 5.41) is 7.75. The summed E-state index contributed by atoms with van der Waals surface area (Å²) < 4.78 is 8.65. The average molecular weight is 249 g/mol. The monoisotopic (exact) mass is 249 g/mol. The number of morpholine rings is 1. The summed E-state index contributed by atoms with van der Waals surface area (Å²) in [6, 6.07) is 3.21. The van der Waals surface area contributed by atoms with Crippen LogP contribution in [0.25, 0.3) is 5.65 Å². The SMILES string of the molecule is O=c1ccc2nncn2n1CCN1CCOCC1. The van der Waals surface area contributed by atoms with E-state index in [0.29, 0.717) is 12.2 Å². The highest BCUT2D eigenvalue weighted by Crippen LogP contribution is 1.98. The lowest BCUT2D eigenvalue weighted by Gasteiger charge is -2.26. The lowest BCUT2D eigenvalue weighted by molar-refractivity contribution is 0.0356. The molecule has 0 spiro atoms. The van der Waals surface area contributed by atoms with Crippen molar-refractivity contribution in [2.75, 3.05) is 32.8 Å². The zero-order valence-electron chi connectivity index (χ0n) is 10.0. The molecule has 1 aliphatic heterocycles. The minimum absolute atomic E-state index is 0.0319. The molecule has 1 fully saturated rings. The summed E-state index contributed by atoms with van der Waals surface area (Å²) in [7, 11) is 0. The van der Waals surface area contributed by atoms with Crippen LogP contribution in [0.15, 0.2) is 23.3 Å². The van der Waals surface area contributed by atoms with E-state index in [0.717, 1.165) is 32.8 Å². The van der Waals surface area contributed by atoms with Gasteiger partial charge in [-0.25, -0.2) is 9.20 Å². The third-order valence-corrected chi connectivity index (χ3v) is 3.18. The highest BCUT2D eigenvalue weighted by molar-refractivity contribution is 5.33. The Morgan fingerprint density at radius 2 is 2.06 bits per heavy atom. The third kappa shape index (κ3) is 2.14. The quantitative estimate of drug-likeness (QED) is 0.714. The van der Waals surface area contributed by atoms with Crippen LogP contribution in [-0.4, -0.2) is 57.1 Å². The molecule has 0 atom stereocenters. The fourth-order valence-electron chi connectivity index (χ4n) is 2.15. The van der Waals surface area contributed by atoms with Crippen LogP contribution in [0, 0.1) is 0 Å². The molecule has 0 saturated carbocycles. The Labute approximate surface area is 104 Å². The molecular formula is C11H15N5O2. The van der Waals surface area contributed by atoms with Crippen LogP contribution < -0.4 is 5.56 Å². The van der Waals surface area contributed by atoms with Crippen molar-refractivity contribution in [1.29, 1.82) is 0 Å². The van der Waals surface area contributed by atoms with Crippen LogP contribution in [0.3, 0.4) is 0 Å². The Morgan fingerprint density at radius 1 is 1.22 bits per heavy atom. The predicted molar refractivity (Wildman–Crippen MR) is 64.5 cm³/mol. The van der Waals surface area contributed by atoms with Crippen molar-refractivity contribution < 1.29 is 4.74 Å². The number of hydrogen-bond donors (Lipinski definition) is 0. The van der Waals surface area contributed by atoms with Gasteiger partial charge >= 0.3 is 0 Å². The zero-order valence-corrected chi connectivity index (χ0v) is 10.0. The van der Waals surface area contributed by atoms with E-state index >= 15 is 0 Å². The summed E-state index contributed by atoms with van der Waals surface area (Å²) in [5.41, 5.74) is 0.659. The second-order valence-electron chi connectivity index (χ2n) is 4.28. The Bertz CT molecular complexity index is 584. The van der Waals surface area contributed by atoms with Crippen molar-refractivity contribution in [3.8, 4) is 0 Å². The lowest BCUT2D eigenvalue weighted by Crippen LogP contribution is -2.40. The molecule has 1 saturated heterocycles. The van der Waals surface area contributed by atoms with Crippen molar-refractivity contribution in [2.24, 2.45) is 0 Å². The Balaban J connectivity index is 1.79. The molecule has 96 valence electrons. The van der Waals surface area contributed by atoms with Gasteiger partial charge in [-0.2, -0.15) is 0 Å². The van der Waals surface area contributed by atoms with Crippen molar-refractivity contribution in [3.05, 3.63) is 28.8 Å². The smallest absolute Gasteiger partial charge is 0.265 e. The van der Waals surface area contributed by atoms with E-state index in [9.17, 15) is 4.79 Å². The van der Waals surface area contributed by atoms with Gasteiger partial charge in [-0.05, 0) is 6.07 Å². The van der Waals surface area contributed by atoms with Crippen LogP contribution in [0.1, 0.15) is 0 Å². The summed E-state index contributed by atoms with van der Waals surface area (Å²) in [5.74, 6) is 0. The van der Waals surface area contributed by atoms with E-state index < -0.39 is 0 Å². The Hall–Kier alpha value is -1.73. The maximum absolute atomic E-state index is 11.8. The molecule has 18 heavy (non-hydrogen) atoms. The largest absolute Gasteiger partial charge is 0.379 e. The van der Waals surface area contributed by atoms with Crippen LogP contribution in [0.5, 0.6) is 0 Å². The summed E-state index contributed by atoms with van der Waals surface area (Å²) >= 11 is 0. The number of hydrogen-bond acceptors (Lipinski definition) is 5. The summed E-state index contributed by atoms with van der Waals surface area (Å²) in [6.07, 6.45) is 1.57. The molecule has 7 heteroatoms. The molecule has 0 bridgehead atoms. The van der Waals surface area contributed by atoms with Crippen molar-refractivity contribution >= 4 is 5.65 Å². The van der Waals surface area contributed by atoms with Crippen LogP contribution in [0.4, 0.5) is 0 Å². The standard InChI is InChI=1S/C11H15N5O2/c17-11-2-1-10-13-12-9-16(10)15(11)4-3-14-5-7-18-8-6-14/h1-2,9H,3-8H2. The number of nitrogens with zero attached hydrogens (tertiary/aromatic N) is 5. The van der Waals surface area contributed by atoms with Crippen molar-refractivity contribution in [1.82, 2.24) is 24.3 Å². The minimum atomic E-state index is -0.0319. The van der Waals surface area contributed by atoms with Gasteiger partial charge in [0.25, 0.3) is 5.56 Å². The first-order valence-corrected chi connectivity index (χ1v) is 6.04. The lowest BCUT2D eigenvalue weighted by atomic mass is 10.4. The van der Waals surface area contributed by atoms with Gasteiger partial charge in [0.05, 0.1) is 19.8 Å². The topological polar surface area (TPSA) is 64.7 Å². The normalized spacial score (nSPS) is 17.3. The Morgan fingerprint density at radius 3 is 2.89 bits per heavy atom. The Kier molecular flexibility index (Phi) is 3.07. The summed E-state index contributed by atoms with van der Waals surface area (Å²) in [4.78, 5) is 14.1. The molecule has 0 N–H and O–H groups in total. The number of rotatable bonds is 3. The van der Waals surface area contributed by atoms with Gasteiger partial charge in [-0.1, -0.05) is 0 Å². The second kappa shape index (κ2) is 4.87.